The maximum atomic E-state index is 12.5. The lowest BCUT2D eigenvalue weighted by Gasteiger charge is -2.32. The van der Waals surface area contributed by atoms with Crippen molar-refractivity contribution in [2.45, 2.75) is 6.42 Å². The average molecular weight is 324 g/mol. The molecule has 0 aliphatic carbocycles. The summed E-state index contributed by atoms with van der Waals surface area (Å²) in [5, 5.41) is 3.85. The molecule has 0 bridgehead atoms. The van der Waals surface area contributed by atoms with Crippen LogP contribution >= 0.6 is 11.6 Å². The van der Waals surface area contributed by atoms with Crippen LogP contribution in [0.4, 0.5) is 5.69 Å². The Kier molecular flexibility index (Phi) is 4.74. The number of anilines is 1. The van der Waals surface area contributed by atoms with Gasteiger partial charge in [-0.3, -0.25) is 4.79 Å². The lowest BCUT2D eigenvalue weighted by atomic mass is 10.1. The van der Waals surface area contributed by atoms with Gasteiger partial charge in [-0.05, 0) is 44.1 Å². The standard InChI is InChI=1S/C16H22ClN3O2/c1-18-9-12-4-5-20(10-12)16(21)11-19-6-7-22-15-3-2-13(17)8-14(15)19/h2-3,8,12,18H,4-7,9-11H2,1H3. The first-order valence-electron chi connectivity index (χ1n) is 7.77. The molecule has 6 heteroatoms. The van der Waals surface area contributed by atoms with Crippen LogP contribution in [0.1, 0.15) is 6.42 Å². The van der Waals surface area contributed by atoms with E-state index in [0.717, 1.165) is 37.5 Å². The lowest BCUT2D eigenvalue weighted by molar-refractivity contribution is -0.128. The molecule has 1 saturated heterocycles. The highest BCUT2D eigenvalue weighted by Gasteiger charge is 2.28. The van der Waals surface area contributed by atoms with E-state index in [2.05, 4.69) is 10.2 Å². The first-order valence-corrected chi connectivity index (χ1v) is 8.15. The van der Waals surface area contributed by atoms with Crippen molar-refractivity contribution in [3.8, 4) is 5.75 Å². The van der Waals surface area contributed by atoms with Gasteiger partial charge in [-0.15, -0.1) is 0 Å². The van der Waals surface area contributed by atoms with Crippen molar-refractivity contribution >= 4 is 23.2 Å². The number of rotatable bonds is 4. The van der Waals surface area contributed by atoms with E-state index in [1.807, 2.05) is 30.1 Å². The summed E-state index contributed by atoms with van der Waals surface area (Å²) >= 11 is 6.07. The molecule has 1 fully saturated rings. The third-order valence-corrected chi connectivity index (χ3v) is 4.57. The zero-order valence-corrected chi connectivity index (χ0v) is 13.6. The molecule has 2 aliphatic rings. The summed E-state index contributed by atoms with van der Waals surface area (Å²) in [5.74, 6) is 1.56. The van der Waals surface area contributed by atoms with Crippen LogP contribution in [0, 0.1) is 5.92 Å². The van der Waals surface area contributed by atoms with Crippen molar-refractivity contribution in [2.24, 2.45) is 5.92 Å². The van der Waals surface area contributed by atoms with Gasteiger partial charge < -0.3 is 19.9 Å². The second kappa shape index (κ2) is 6.75. The molecule has 1 aromatic rings. The first-order chi connectivity index (χ1) is 10.7. The Balaban J connectivity index is 1.65. The van der Waals surface area contributed by atoms with E-state index in [-0.39, 0.29) is 5.91 Å². The zero-order valence-electron chi connectivity index (χ0n) is 12.8. The number of carbonyl (C=O) groups excluding carboxylic acids is 1. The number of hydrogen-bond donors (Lipinski definition) is 1. The molecule has 1 aromatic carbocycles. The number of ether oxygens (including phenoxy) is 1. The largest absolute Gasteiger partial charge is 0.490 e. The van der Waals surface area contributed by atoms with Gasteiger partial charge in [-0.2, -0.15) is 0 Å². The Labute approximate surface area is 136 Å². The van der Waals surface area contributed by atoms with Crippen molar-refractivity contribution in [1.29, 1.82) is 0 Å². The molecule has 22 heavy (non-hydrogen) atoms. The molecule has 0 radical (unpaired) electrons. The Morgan fingerprint density at radius 3 is 3.14 bits per heavy atom. The van der Waals surface area contributed by atoms with Gasteiger partial charge in [0.1, 0.15) is 12.4 Å². The van der Waals surface area contributed by atoms with Crippen molar-refractivity contribution in [3.05, 3.63) is 23.2 Å². The third kappa shape index (κ3) is 3.31. The van der Waals surface area contributed by atoms with E-state index in [1.165, 1.54) is 0 Å². The fraction of sp³-hybridized carbons (Fsp3) is 0.562. The number of hydrogen-bond acceptors (Lipinski definition) is 4. The van der Waals surface area contributed by atoms with Crippen LogP contribution in [0.5, 0.6) is 5.75 Å². The van der Waals surface area contributed by atoms with Crippen molar-refractivity contribution in [1.82, 2.24) is 10.2 Å². The number of nitrogens with one attached hydrogen (secondary N) is 1. The summed E-state index contributed by atoms with van der Waals surface area (Å²) < 4.78 is 5.63. The van der Waals surface area contributed by atoms with E-state index >= 15 is 0 Å². The van der Waals surface area contributed by atoms with Gasteiger partial charge in [0, 0.05) is 18.1 Å². The van der Waals surface area contributed by atoms with Gasteiger partial charge in [0.15, 0.2) is 0 Å². The molecule has 1 amide bonds. The zero-order chi connectivity index (χ0) is 15.5. The molecule has 0 saturated carbocycles. The number of benzene rings is 1. The van der Waals surface area contributed by atoms with Crippen LogP contribution in [0.15, 0.2) is 18.2 Å². The number of halogens is 1. The fourth-order valence-corrected chi connectivity index (χ4v) is 3.35. The molecule has 120 valence electrons. The predicted octanol–water partition coefficient (Wildman–Crippen LogP) is 1.61. The molecule has 5 nitrogen and oxygen atoms in total. The molecule has 1 atom stereocenters. The first kappa shape index (κ1) is 15.4. The monoisotopic (exact) mass is 323 g/mol. The number of fused-ring (bicyclic) bond motifs is 1. The second-order valence-electron chi connectivity index (χ2n) is 5.93. The quantitative estimate of drug-likeness (QED) is 0.914. The molecule has 1 N–H and O–H groups in total. The molecule has 1 unspecified atom stereocenters. The smallest absolute Gasteiger partial charge is 0.242 e. The highest BCUT2D eigenvalue weighted by molar-refractivity contribution is 6.31. The summed E-state index contributed by atoms with van der Waals surface area (Å²) in [4.78, 5) is 16.6. The number of carbonyl (C=O) groups is 1. The van der Waals surface area contributed by atoms with Gasteiger partial charge in [0.25, 0.3) is 0 Å². The summed E-state index contributed by atoms with van der Waals surface area (Å²) in [7, 11) is 1.96. The van der Waals surface area contributed by atoms with Gasteiger partial charge in [0.2, 0.25) is 5.91 Å². The predicted molar refractivity (Wildman–Crippen MR) is 87.8 cm³/mol. The third-order valence-electron chi connectivity index (χ3n) is 4.34. The number of amides is 1. The van der Waals surface area contributed by atoms with Crippen molar-refractivity contribution in [2.75, 3.05) is 51.3 Å². The Morgan fingerprint density at radius 2 is 2.32 bits per heavy atom. The van der Waals surface area contributed by atoms with Crippen molar-refractivity contribution < 1.29 is 9.53 Å². The Morgan fingerprint density at radius 1 is 1.45 bits per heavy atom. The molecule has 3 rings (SSSR count). The minimum atomic E-state index is 0.187. The Hall–Kier alpha value is -1.46. The molecule has 0 spiro atoms. The highest BCUT2D eigenvalue weighted by atomic mass is 35.5. The molecular formula is C16H22ClN3O2. The second-order valence-corrected chi connectivity index (χ2v) is 6.37. The molecule has 2 aliphatic heterocycles. The van der Waals surface area contributed by atoms with E-state index in [1.54, 1.807) is 0 Å². The van der Waals surface area contributed by atoms with Crippen LogP contribution in [-0.4, -0.2) is 57.2 Å². The Bertz CT molecular complexity index is 552. The van der Waals surface area contributed by atoms with Crippen LogP contribution in [0.25, 0.3) is 0 Å². The minimum absolute atomic E-state index is 0.187. The molecule has 2 heterocycles. The van der Waals surface area contributed by atoms with E-state index in [0.29, 0.717) is 30.6 Å². The molecular weight excluding hydrogens is 302 g/mol. The maximum absolute atomic E-state index is 12.5. The topological polar surface area (TPSA) is 44.8 Å². The average Bonchev–Trinajstić information content (AvgIpc) is 2.97. The van der Waals surface area contributed by atoms with Gasteiger partial charge in [-0.25, -0.2) is 0 Å². The van der Waals surface area contributed by atoms with Crippen LogP contribution in [0.3, 0.4) is 0 Å². The van der Waals surface area contributed by atoms with E-state index in [4.69, 9.17) is 16.3 Å². The summed E-state index contributed by atoms with van der Waals surface area (Å²) in [5.41, 5.74) is 0.915. The van der Waals surface area contributed by atoms with E-state index < -0.39 is 0 Å². The van der Waals surface area contributed by atoms with Crippen LogP contribution in [0.2, 0.25) is 5.02 Å². The fourth-order valence-electron chi connectivity index (χ4n) is 3.19. The van der Waals surface area contributed by atoms with Gasteiger partial charge in [-0.1, -0.05) is 11.6 Å². The van der Waals surface area contributed by atoms with E-state index in [9.17, 15) is 4.79 Å². The lowest BCUT2D eigenvalue weighted by Crippen LogP contribution is -2.42. The van der Waals surface area contributed by atoms with Gasteiger partial charge >= 0.3 is 0 Å². The summed E-state index contributed by atoms with van der Waals surface area (Å²) in [6, 6.07) is 5.55. The van der Waals surface area contributed by atoms with Crippen molar-refractivity contribution in [3.63, 3.8) is 0 Å². The normalized spacial score (nSPS) is 20.7. The maximum Gasteiger partial charge on any atom is 0.242 e. The number of likely N-dealkylation sites (tertiary alicyclic amines) is 1. The summed E-state index contributed by atoms with van der Waals surface area (Å²) in [6.45, 7) is 4.39. The highest BCUT2D eigenvalue weighted by Crippen LogP contribution is 2.34. The minimum Gasteiger partial charge on any atom is -0.490 e. The van der Waals surface area contributed by atoms with Crippen LogP contribution < -0.4 is 15.0 Å². The molecule has 0 aromatic heterocycles. The van der Waals surface area contributed by atoms with Crippen LogP contribution in [-0.2, 0) is 4.79 Å². The SMILES string of the molecule is CNCC1CCN(C(=O)CN2CCOc3ccc(Cl)cc32)C1. The number of nitrogens with zero attached hydrogens (tertiary/aromatic N) is 2. The summed E-state index contributed by atoms with van der Waals surface area (Å²) in [6.07, 6.45) is 1.08. The van der Waals surface area contributed by atoms with Gasteiger partial charge in [0.05, 0.1) is 18.8 Å².